The maximum atomic E-state index is 6.24. The van der Waals surface area contributed by atoms with Crippen LogP contribution in [0.25, 0.3) is 22.2 Å². The molecule has 1 aliphatic rings. The van der Waals surface area contributed by atoms with Gasteiger partial charge in [0.15, 0.2) is 0 Å². The van der Waals surface area contributed by atoms with Gasteiger partial charge in [-0.15, -0.1) is 0 Å². The Labute approximate surface area is 186 Å². The molecule has 0 saturated heterocycles. The lowest BCUT2D eigenvalue weighted by molar-refractivity contribution is 0.432. The normalized spacial score (nSPS) is 15.8. The van der Waals surface area contributed by atoms with Gasteiger partial charge < -0.3 is 14.3 Å². The van der Waals surface area contributed by atoms with Crippen molar-refractivity contribution in [1.82, 2.24) is 19.9 Å². The minimum Gasteiger partial charge on any atom is -0.463 e. The largest absolute Gasteiger partial charge is 0.463 e. The fourth-order valence-corrected chi connectivity index (χ4v) is 4.62. The van der Waals surface area contributed by atoms with E-state index in [2.05, 4.69) is 58.2 Å². The Morgan fingerprint density at radius 2 is 1.84 bits per heavy atom. The summed E-state index contributed by atoms with van der Waals surface area (Å²) in [6, 6.07) is 18.4. The zero-order valence-corrected chi connectivity index (χ0v) is 17.8. The third kappa shape index (κ3) is 3.07. The molecule has 4 aromatic heterocycles. The number of hydrogen-bond acceptors (Lipinski definition) is 5. The number of benzene rings is 1. The van der Waals surface area contributed by atoms with E-state index in [1.165, 1.54) is 10.9 Å². The van der Waals surface area contributed by atoms with Crippen LogP contribution < -0.4 is 4.90 Å². The number of aromatic amines is 1. The van der Waals surface area contributed by atoms with Crippen LogP contribution in [0.5, 0.6) is 0 Å². The average Bonchev–Trinajstić information content (AvgIpc) is 3.49. The second-order valence-corrected chi connectivity index (χ2v) is 8.05. The molecule has 0 saturated carbocycles. The summed E-state index contributed by atoms with van der Waals surface area (Å²) in [7, 11) is 0. The zero-order valence-electron chi connectivity index (χ0n) is 17.8. The molecular weight excluding hydrogens is 398 g/mol. The maximum absolute atomic E-state index is 6.24. The third-order valence-electron chi connectivity index (χ3n) is 6.19. The van der Waals surface area contributed by atoms with Crippen LogP contribution in [0, 0.1) is 0 Å². The molecule has 6 rings (SSSR count). The number of anilines is 1. The van der Waals surface area contributed by atoms with Crippen LogP contribution in [0.3, 0.4) is 0 Å². The van der Waals surface area contributed by atoms with E-state index >= 15 is 0 Å². The Kier molecular flexibility index (Phi) is 4.49. The molecule has 158 valence electrons. The van der Waals surface area contributed by atoms with Gasteiger partial charge in [-0.25, -0.2) is 9.97 Å². The summed E-state index contributed by atoms with van der Waals surface area (Å²) in [5.74, 6) is 2.58. The summed E-state index contributed by atoms with van der Waals surface area (Å²) in [5, 5.41) is 1.28. The average molecular weight is 422 g/mol. The molecule has 1 unspecified atom stereocenters. The smallest absolute Gasteiger partial charge is 0.226 e. The topological polar surface area (TPSA) is 70.8 Å². The summed E-state index contributed by atoms with van der Waals surface area (Å²) >= 11 is 0. The van der Waals surface area contributed by atoms with Crippen molar-refractivity contribution in [3.05, 3.63) is 96.0 Å². The van der Waals surface area contributed by atoms with Gasteiger partial charge in [-0.1, -0.05) is 31.2 Å². The fourth-order valence-electron chi connectivity index (χ4n) is 4.62. The Bertz CT molecular complexity index is 1370. The molecule has 0 radical (unpaired) electrons. The van der Waals surface area contributed by atoms with E-state index in [1.54, 1.807) is 6.20 Å². The first-order chi connectivity index (χ1) is 15.8. The second-order valence-electron chi connectivity index (χ2n) is 8.05. The molecule has 6 heteroatoms. The molecule has 0 fully saturated rings. The first kappa shape index (κ1) is 18.8. The summed E-state index contributed by atoms with van der Waals surface area (Å²) < 4.78 is 6.24. The first-order valence-corrected chi connectivity index (χ1v) is 11.0. The predicted octanol–water partition coefficient (Wildman–Crippen LogP) is 5.33. The van der Waals surface area contributed by atoms with Gasteiger partial charge in [0.05, 0.1) is 11.4 Å². The highest BCUT2D eigenvalue weighted by atomic mass is 16.3. The van der Waals surface area contributed by atoms with Crippen molar-refractivity contribution in [1.29, 1.82) is 0 Å². The van der Waals surface area contributed by atoms with E-state index in [0.29, 0.717) is 5.95 Å². The van der Waals surface area contributed by atoms with Gasteiger partial charge >= 0.3 is 0 Å². The molecule has 0 aliphatic carbocycles. The monoisotopic (exact) mass is 421 g/mol. The number of pyridine rings is 1. The molecule has 1 atom stereocenters. The number of furan rings is 1. The van der Waals surface area contributed by atoms with Gasteiger partial charge in [0, 0.05) is 48.0 Å². The number of aryl methyl sites for hydroxylation is 1. The number of aromatic nitrogens is 4. The van der Waals surface area contributed by atoms with E-state index in [-0.39, 0.29) is 6.04 Å². The standard InChI is InChI=1S/C26H23N5O/c1-2-18-10-11-23(32-18)25-24-20(19-7-3-4-9-22(19)30-24)12-14-31(25)26-28-15-17(16-29-26)21-8-5-6-13-27-21/h3-11,13,15-16,25,30H,2,12,14H2,1H3. The number of nitrogens with one attached hydrogen (secondary N) is 1. The van der Waals surface area contributed by atoms with Crippen LogP contribution in [0.4, 0.5) is 5.95 Å². The Morgan fingerprint density at radius 1 is 1.00 bits per heavy atom. The molecule has 1 N–H and O–H groups in total. The Balaban J connectivity index is 1.45. The molecular formula is C26H23N5O. The SMILES string of the molecule is CCc1ccc(C2c3[nH]c4ccccc4c3CCN2c2ncc(-c3ccccn3)cn2)o1. The van der Waals surface area contributed by atoms with Gasteiger partial charge in [-0.3, -0.25) is 4.98 Å². The van der Waals surface area contributed by atoms with Gasteiger partial charge in [0.1, 0.15) is 17.6 Å². The second kappa shape index (κ2) is 7.64. The van der Waals surface area contributed by atoms with Crippen LogP contribution in [-0.2, 0) is 12.8 Å². The summed E-state index contributed by atoms with van der Waals surface area (Å²) in [5.41, 5.74) is 5.43. The lowest BCUT2D eigenvalue weighted by Gasteiger charge is -2.34. The van der Waals surface area contributed by atoms with Crippen molar-refractivity contribution in [3.63, 3.8) is 0 Å². The lowest BCUT2D eigenvalue weighted by Crippen LogP contribution is -2.37. The van der Waals surface area contributed by atoms with Crippen molar-refractivity contribution < 1.29 is 4.42 Å². The van der Waals surface area contributed by atoms with E-state index < -0.39 is 0 Å². The van der Waals surface area contributed by atoms with Crippen molar-refractivity contribution in [2.45, 2.75) is 25.8 Å². The number of hydrogen-bond donors (Lipinski definition) is 1. The number of fused-ring (bicyclic) bond motifs is 3. The minimum absolute atomic E-state index is 0.104. The van der Waals surface area contributed by atoms with Gasteiger partial charge in [0.2, 0.25) is 5.95 Å². The molecule has 0 amide bonds. The summed E-state index contributed by atoms with van der Waals surface area (Å²) in [4.78, 5) is 19.8. The van der Waals surface area contributed by atoms with E-state index in [4.69, 9.17) is 14.4 Å². The molecule has 5 aromatic rings. The van der Waals surface area contributed by atoms with Crippen LogP contribution in [0.1, 0.15) is 35.7 Å². The number of nitrogens with zero attached hydrogens (tertiary/aromatic N) is 4. The van der Waals surface area contributed by atoms with E-state index in [0.717, 1.165) is 53.4 Å². The summed E-state index contributed by atoms with van der Waals surface area (Å²) in [6.07, 6.45) is 7.26. The minimum atomic E-state index is -0.104. The van der Waals surface area contributed by atoms with Crippen molar-refractivity contribution >= 4 is 16.9 Å². The van der Waals surface area contributed by atoms with Crippen LogP contribution >= 0.6 is 0 Å². The molecule has 0 bridgehead atoms. The van der Waals surface area contributed by atoms with E-state index in [1.807, 2.05) is 30.6 Å². The third-order valence-corrected chi connectivity index (χ3v) is 6.19. The molecule has 0 spiro atoms. The van der Waals surface area contributed by atoms with Crippen molar-refractivity contribution in [3.8, 4) is 11.3 Å². The number of para-hydroxylation sites is 1. The molecule has 1 aliphatic heterocycles. The fraction of sp³-hybridized carbons (Fsp3) is 0.192. The quantitative estimate of drug-likeness (QED) is 0.425. The van der Waals surface area contributed by atoms with Crippen LogP contribution in [0.2, 0.25) is 0 Å². The maximum Gasteiger partial charge on any atom is 0.226 e. The van der Waals surface area contributed by atoms with E-state index in [9.17, 15) is 0 Å². The Morgan fingerprint density at radius 3 is 2.62 bits per heavy atom. The van der Waals surface area contributed by atoms with Crippen LogP contribution in [0.15, 0.2) is 77.6 Å². The van der Waals surface area contributed by atoms with Gasteiger partial charge in [-0.05, 0) is 42.3 Å². The highest BCUT2D eigenvalue weighted by Gasteiger charge is 2.35. The van der Waals surface area contributed by atoms with Gasteiger partial charge in [0.25, 0.3) is 0 Å². The molecule has 5 heterocycles. The highest BCUT2D eigenvalue weighted by molar-refractivity contribution is 5.85. The zero-order chi connectivity index (χ0) is 21.5. The number of rotatable bonds is 4. The highest BCUT2D eigenvalue weighted by Crippen LogP contribution is 2.40. The Hall–Kier alpha value is -3.93. The predicted molar refractivity (Wildman–Crippen MR) is 125 cm³/mol. The molecule has 6 nitrogen and oxygen atoms in total. The van der Waals surface area contributed by atoms with Crippen molar-refractivity contribution in [2.24, 2.45) is 0 Å². The van der Waals surface area contributed by atoms with Crippen LogP contribution in [-0.4, -0.2) is 26.5 Å². The number of H-pyrrole nitrogens is 1. The molecule has 32 heavy (non-hydrogen) atoms. The van der Waals surface area contributed by atoms with Gasteiger partial charge in [-0.2, -0.15) is 0 Å². The first-order valence-electron chi connectivity index (χ1n) is 11.0. The molecule has 1 aromatic carbocycles. The lowest BCUT2D eigenvalue weighted by atomic mass is 9.96. The van der Waals surface area contributed by atoms with Crippen molar-refractivity contribution in [2.75, 3.05) is 11.4 Å². The summed E-state index contributed by atoms with van der Waals surface area (Å²) in [6.45, 7) is 2.92.